The third-order valence-corrected chi connectivity index (χ3v) is 3.63. The van der Waals surface area contributed by atoms with Crippen molar-refractivity contribution in [2.45, 2.75) is 57.3 Å². The Morgan fingerprint density at radius 2 is 1.81 bits per heavy atom. The molecule has 0 saturated carbocycles. The third kappa shape index (κ3) is 5.02. The first kappa shape index (κ1) is 21.6. The Kier molecular flexibility index (Phi) is 7.72. The highest BCUT2D eigenvalue weighted by Gasteiger charge is 2.60. The lowest BCUT2D eigenvalue weighted by Crippen LogP contribution is -2.71. The predicted octanol–water partition coefficient (Wildman–Crippen LogP) is -0.809. The van der Waals surface area contributed by atoms with Gasteiger partial charge in [0.2, 0.25) is 12.5 Å². The van der Waals surface area contributed by atoms with E-state index in [9.17, 15) is 24.3 Å². The molecule has 1 saturated heterocycles. The summed E-state index contributed by atoms with van der Waals surface area (Å²) in [5, 5.41) is 12.3. The van der Waals surface area contributed by atoms with Gasteiger partial charge in [-0.2, -0.15) is 0 Å². The smallest absolute Gasteiger partial charge is 0.305 e. The Hall–Kier alpha value is -2.46. The molecule has 26 heavy (non-hydrogen) atoms. The van der Waals surface area contributed by atoms with Crippen LogP contribution in [0.3, 0.4) is 0 Å². The van der Waals surface area contributed by atoms with Gasteiger partial charge >= 0.3 is 17.9 Å². The van der Waals surface area contributed by atoms with Crippen LogP contribution in [0.15, 0.2) is 12.7 Å². The largest absolute Gasteiger partial charge is 0.456 e. The number of amides is 1. The van der Waals surface area contributed by atoms with Crippen LogP contribution >= 0.6 is 0 Å². The molecular formula is C16H23NO9. The SMILES string of the molecule is C=CC[C@@H]1O[C@@](CO)(OC(C)=O)[C@@H](OC(C)=O)[C@H](OC(C)=O)[C@@H]1NC=O. The van der Waals surface area contributed by atoms with Crippen molar-refractivity contribution in [1.82, 2.24) is 5.32 Å². The summed E-state index contributed by atoms with van der Waals surface area (Å²) in [7, 11) is 0. The summed E-state index contributed by atoms with van der Waals surface area (Å²) in [6.45, 7) is 5.97. The molecule has 2 N–H and O–H groups in total. The first-order valence-corrected chi connectivity index (χ1v) is 7.84. The lowest BCUT2D eigenvalue weighted by atomic mass is 9.88. The quantitative estimate of drug-likeness (QED) is 0.242. The molecule has 0 radical (unpaired) electrons. The molecule has 1 aliphatic rings. The molecule has 1 heterocycles. The van der Waals surface area contributed by atoms with Gasteiger partial charge in [-0.05, 0) is 6.42 Å². The van der Waals surface area contributed by atoms with Gasteiger partial charge < -0.3 is 29.4 Å². The van der Waals surface area contributed by atoms with Gasteiger partial charge in [-0.3, -0.25) is 19.2 Å². The van der Waals surface area contributed by atoms with Gasteiger partial charge in [0.1, 0.15) is 6.61 Å². The fraction of sp³-hybridized carbons (Fsp3) is 0.625. The van der Waals surface area contributed by atoms with Crippen molar-refractivity contribution in [1.29, 1.82) is 0 Å². The van der Waals surface area contributed by atoms with E-state index >= 15 is 0 Å². The second-order valence-electron chi connectivity index (χ2n) is 5.66. The number of esters is 3. The molecule has 1 amide bonds. The molecule has 1 fully saturated rings. The number of aliphatic hydroxyl groups excluding tert-OH is 1. The van der Waals surface area contributed by atoms with E-state index in [2.05, 4.69) is 11.9 Å². The summed E-state index contributed by atoms with van der Waals surface area (Å²) in [6.07, 6.45) is -1.71. The molecule has 0 aliphatic carbocycles. The number of rotatable bonds is 8. The molecular weight excluding hydrogens is 350 g/mol. The molecule has 0 spiro atoms. The highest BCUT2D eigenvalue weighted by atomic mass is 16.8. The van der Waals surface area contributed by atoms with E-state index in [4.69, 9.17) is 18.9 Å². The van der Waals surface area contributed by atoms with Crippen molar-refractivity contribution < 1.29 is 43.2 Å². The summed E-state index contributed by atoms with van der Waals surface area (Å²) in [5.41, 5.74) is 0. The zero-order chi connectivity index (χ0) is 19.9. The lowest BCUT2D eigenvalue weighted by molar-refractivity contribution is -0.343. The Labute approximate surface area is 150 Å². The molecule has 0 aromatic carbocycles. The van der Waals surface area contributed by atoms with Crippen molar-refractivity contribution in [3.05, 3.63) is 12.7 Å². The minimum Gasteiger partial charge on any atom is -0.456 e. The zero-order valence-corrected chi connectivity index (χ0v) is 14.8. The van der Waals surface area contributed by atoms with E-state index < -0.39 is 54.7 Å². The summed E-state index contributed by atoms with van der Waals surface area (Å²) in [4.78, 5) is 45.7. The maximum absolute atomic E-state index is 11.6. The number of carbonyl (C=O) groups excluding carboxylic acids is 4. The lowest BCUT2D eigenvalue weighted by Gasteiger charge is -2.50. The molecule has 1 rings (SSSR count). The number of aliphatic hydroxyl groups is 1. The van der Waals surface area contributed by atoms with Crippen LogP contribution in [0, 0.1) is 0 Å². The Morgan fingerprint density at radius 1 is 1.19 bits per heavy atom. The molecule has 0 aromatic heterocycles. The average Bonchev–Trinajstić information content (AvgIpc) is 2.53. The Morgan fingerprint density at radius 3 is 2.23 bits per heavy atom. The maximum Gasteiger partial charge on any atom is 0.305 e. The van der Waals surface area contributed by atoms with Gasteiger partial charge in [0, 0.05) is 20.8 Å². The summed E-state index contributed by atoms with van der Waals surface area (Å²) in [5.74, 6) is -4.48. The van der Waals surface area contributed by atoms with Crippen LogP contribution in [0.1, 0.15) is 27.2 Å². The van der Waals surface area contributed by atoms with Crippen molar-refractivity contribution in [3.8, 4) is 0 Å². The van der Waals surface area contributed by atoms with E-state index in [0.717, 1.165) is 20.8 Å². The highest BCUT2D eigenvalue weighted by molar-refractivity contribution is 5.69. The second kappa shape index (κ2) is 9.30. The fourth-order valence-electron chi connectivity index (χ4n) is 2.83. The average molecular weight is 373 g/mol. The second-order valence-corrected chi connectivity index (χ2v) is 5.66. The zero-order valence-electron chi connectivity index (χ0n) is 14.8. The molecule has 0 unspecified atom stereocenters. The van der Waals surface area contributed by atoms with Crippen LogP contribution in [-0.4, -0.2) is 66.2 Å². The molecule has 10 nitrogen and oxygen atoms in total. The molecule has 1 aliphatic heterocycles. The van der Waals surface area contributed by atoms with Gasteiger partial charge in [0.05, 0.1) is 12.1 Å². The molecule has 0 bridgehead atoms. The molecule has 0 aromatic rings. The van der Waals surface area contributed by atoms with Gasteiger partial charge in [-0.1, -0.05) is 6.08 Å². The topological polar surface area (TPSA) is 137 Å². The van der Waals surface area contributed by atoms with Crippen LogP contribution in [0.5, 0.6) is 0 Å². The summed E-state index contributed by atoms with van der Waals surface area (Å²) in [6, 6.07) is -0.950. The van der Waals surface area contributed by atoms with Gasteiger partial charge in [-0.25, -0.2) is 0 Å². The van der Waals surface area contributed by atoms with Gasteiger partial charge in [0.15, 0.2) is 6.10 Å². The van der Waals surface area contributed by atoms with Crippen LogP contribution in [-0.2, 0) is 38.1 Å². The van der Waals surface area contributed by atoms with Gasteiger partial charge in [-0.15, -0.1) is 6.58 Å². The van der Waals surface area contributed by atoms with Crippen LogP contribution in [0.25, 0.3) is 0 Å². The highest BCUT2D eigenvalue weighted by Crippen LogP contribution is 2.36. The minimum absolute atomic E-state index is 0.152. The number of ether oxygens (including phenoxy) is 4. The van der Waals surface area contributed by atoms with Crippen molar-refractivity contribution in [2.75, 3.05) is 6.61 Å². The Balaban J connectivity index is 3.48. The first-order valence-electron chi connectivity index (χ1n) is 7.84. The van der Waals surface area contributed by atoms with Gasteiger partial charge in [0.25, 0.3) is 5.79 Å². The number of hydrogen-bond acceptors (Lipinski definition) is 9. The first-order chi connectivity index (χ1) is 12.2. The summed E-state index contributed by atoms with van der Waals surface area (Å²) < 4.78 is 21.2. The van der Waals surface area contributed by atoms with Crippen LogP contribution < -0.4 is 5.32 Å². The molecule has 5 atom stereocenters. The maximum atomic E-state index is 11.6. The van der Waals surface area contributed by atoms with E-state index in [0.29, 0.717) is 6.41 Å². The van der Waals surface area contributed by atoms with E-state index in [1.54, 1.807) is 0 Å². The standard InChI is InChI=1S/C16H23NO9/c1-5-6-12-13(17-8-19)14(23-9(2)20)15(24-10(3)21)16(7-18,26-12)25-11(4)22/h5,8,12-15,18H,1,6-7H2,2-4H3,(H,17,19)/t12-,13+,14+,15-,16+/m0/s1. The van der Waals surface area contributed by atoms with Crippen molar-refractivity contribution >= 4 is 24.3 Å². The monoisotopic (exact) mass is 373 g/mol. The fourth-order valence-corrected chi connectivity index (χ4v) is 2.83. The number of carbonyl (C=O) groups is 4. The number of nitrogens with one attached hydrogen (secondary N) is 1. The minimum atomic E-state index is -2.12. The molecule has 10 heteroatoms. The summed E-state index contributed by atoms with van der Waals surface area (Å²) >= 11 is 0. The van der Waals surface area contributed by atoms with Crippen LogP contribution in [0.2, 0.25) is 0 Å². The van der Waals surface area contributed by atoms with Crippen molar-refractivity contribution in [3.63, 3.8) is 0 Å². The predicted molar refractivity (Wildman–Crippen MR) is 85.4 cm³/mol. The molecule has 146 valence electrons. The third-order valence-electron chi connectivity index (χ3n) is 3.63. The van der Waals surface area contributed by atoms with E-state index in [1.165, 1.54) is 6.08 Å². The Bertz CT molecular complexity index is 564. The van der Waals surface area contributed by atoms with E-state index in [-0.39, 0.29) is 6.42 Å². The van der Waals surface area contributed by atoms with Crippen LogP contribution in [0.4, 0.5) is 0 Å². The van der Waals surface area contributed by atoms with E-state index in [1.807, 2.05) is 0 Å². The number of hydrogen-bond donors (Lipinski definition) is 2. The van der Waals surface area contributed by atoms with Crippen molar-refractivity contribution in [2.24, 2.45) is 0 Å². The normalized spacial score (nSPS) is 30.6.